The van der Waals surface area contributed by atoms with Crippen molar-refractivity contribution in [2.24, 2.45) is 0 Å². The molecular weight excluding hydrogens is 283 g/mol. The molecule has 4 atom stereocenters. The highest BCUT2D eigenvalue weighted by Crippen LogP contribution is 2.32. The molecule has 0 radical (unpaired) electrons. The second-order valence-electron chi connectivity index (χ2n) is 4.88. The molecule has 2 aromatic rings. The first-order valence-corrected chi connectivity index (χ1v) is 6.33. The Hall–Kier alpha value is -1.87. The highest BCUT2D eigenvalue weighted by Gasteiger charge is 2.44. The fourth-order valence-corrected chi connectivity index (χ4v) is 2.44. The molecule has 1 saturated heterocycles. The quantitative estimate of drug-likeness (QED) is 0.540. The van der Waals surface area contributed by atoms with Gasteiger partial charge in [-0.15, -0.1) is 0 Å². The summed E-state index contributed by atoms with van der Waals surface area (Å²) >= 11 is 0. The number of rotatable bonds is 2. The molecule has 3 heterocycles. The molecule has 4 N–H and O–H groups in total. The minimum atomic E-state index is -1.34. The Kier molecular flexibility index (Phi) is 3.46. The Morgan fingerprint density at radius 1 is 1.33 bits per heavy atom. The third-order valence-corrected chi connectivity index (χ3v) is 3.55. The van der Waals surface area contributed by atoms with Gasteiger partial charge in [-0.1, -0.05) is 0 Å². The largest absolute Gasteiger partial charge is 0.394 e. The van der Waals surface area contributed by atoms with E-state index in [0.717, 1.165) is 6.07 Å². The average Bonchev–Trinajstić information content (AvgIpc) is 2.74. The Bertz CT molecular complexity index is 734. The summed E-state index contributed by atoms with van der Waals surface area (Å²) in [6.07, 6.45) is -4.67. The molecule has 3 rings (SSSR count). The zero-order valence-electron chi connectivity index (χ0n) is 10.7. The molecule has 1 aliphatic rings. The number of hydrogen-bond donors (Lipinski definition) is 4. The molecule has 21 heavy (non-hydrogen) atoms. The first kappa shape index (κ1) is 14.1. The van der Waals surface area contributed by atoms with Crippen LogP contribution >= 0.6 is 0 Å². The van der Waals surface area contributed by atoms with Crippen molar-refractivity contribution in [3.8, 4) is 0 Å². The molecule has 1 aliphatic heterocycles. The van der Waals surface area contributed by atoms with Gasteiger partial charge in [0.05, 0.1) is 6.61 Å². The number of H-pyrrole nitrogens is 1. The van der Waals surface area contributed by atoms with Crippen LogP contribution in [0.15, 0.2) is 23.0 Å². The molecule has 2 aromatic heterocycles. The van der Waals surface area contributed by atoms with E-state index < -0.39 is 42.5 Å². The van der Waals surface area contributed by atoms with E-state index in [1.54, 1.807) is 0 Å². The van der Waals surface area contributed by atoms with E-state index in [-0.39, 0.29) is 11.2 Å². The van der Waals surface area contributed by atoms with Gasteiger partial charge in [-0.3, -0.25) is 4.79 Å². The van der Waals surface area contributed by atoms with E-state index in [9.17, 15) is 19.4 Å². The van der Waals surface area contributed by atoms with Gasteiger partial charge in [-0.2, -0.15) is 4.39 Å². The fourth-order valence-electron chi connectivity index (χ4n) is 2.44. The standard InChI is InChI=1S/C13H13FN2O5/c14-8-2-1-5-3-6(13(20)16-12(5)15-8)11-10(19)9(18)7(4-17)21-11/h1-3,7,9-11,17-19H,4H2,(H,15,16,20). The van der Waals surface area contributed by atoms with E-state index >= 15 is 0 Å². The monoisotopic (exact) mass is 296 g/mol. The molecule has 0 saturated carbocycles. The summed E-state index contributed by atoms with van der Waals surface area (Å²) in [5.74, 6) is -0.723. The molecule has 8 heteroatoms. The molecule has 0 bridgehead atoms. The van der Waals surface area contributed by atoms with Crippen molar-refractivity contribution >= 4 is 11.0 Å². The van der Waals surface area contributed by atoms with Crippen LogP contribution in [0.1, 0.15) is 11.7 Å². The van der Waals surface area contributed by atoms with Crippen LogP contribution in [0.4, 0.5) is 4.39 Å². The minimum absolute atomic E-state index is 0.0792. The number of nitrogens with one attached hydrogen (secondary N) is 1. The number of pyridine rings is 2. The third-order valence-electron chi connectivity index (χ3n) is 3.55. The van der Waals surface area contributed by atoms with Crippen molar-refractivity contribution in [3.05, 3.63) is 40.1 Å². The van der Waals surface area contributed by atoms with E-state index in [2.05, 4.69) is 9.97 Å². The Balaban J connectivity index is 2.07. The lowest BCUT2D eigenvalue weighted by Crippen LogP contribution is -2.33. The number of aliphatic hydroxyl groups is 3. The van der Waals surface area contributed by atoms with Crippen LogP contribution in [-0.2, 0) is 4.74 Å². The van der Waals surface area contributed by atoms with Crippen molar-refractivity contribution < 1.29 is 24.4 Å². The molecule has 7 nitrogen and oxygen atoms in total. The van der Waals surface area contributed by atoms with Gasteiger partial charge in [-0.25, -0.2) is 4.98 Å². The number of halogens is 1. The maximum absolute atomic E-state index is 13.0. The summed E-state index contributed by atoms with van der Waals surface area (Å²) in [6, 6.07) is 3.99. The van der Waals surface area contributed by atoms with Gasteiger partial charge < -0.3 is 25.0 Å². The molecule has 0 spiro atoms. The topological polar surface area (TPSA) is 116 Å². The molecule has 1 fully saturated rings. The molecule has 0 aromatic carbocycles. The highest BCUT2D eigenvalue weighted by atomic mass is 19.1. The molecule has 0 amide bonds. The summed E-state index contributed by atoms with van der Waals surface area (Å²) in [7, 11) is 0. The van der Waals surface area contributed by atoms with Gasteiger partial charge in [-0.05, 0) is 18.2 Å². The first-order chi connectivity index (χ1) is 10.0. The first-order valence-electron chi connectivity index (χ1n) is 6.33. The number of aromatic nitrogens is 2. The number of aliphatic hydroxyl groups excluding tert-OH is 3. The maximum atomic E-state index is 13.0. The predicted molar refractivity (Wildman–Crippen MR) is 69.0 cm³/mol. The third kappa shape index (κ3) is 2.32. The zero-order chi connectivity index (χ0) is 15.1. The summed E-state index contributed by atoms with van der Waals surface area (Å²) in [5.41, 5.74) is -0.440. The summed E-state index contributed by atoms with van der Waals surface area (Å²) in [4.78, 5) is 18.0. The second-order valence-corrected chi connectivity index (χ2v) is 4.88. The molecular formula is C13H13FN2O5. The summed E-state index contributed by atoms with van der Waals surface area (Å²) < 4.78 is 18.3. The predicted octanol–water partition coefficient (Wildman–Crippen LogP) is -0.784. The van der Waals surface area contributed by atoms with Crippen molar-refractivity contribution in [2.75, 3.05) is 6.61 Å². The number of aromatic amines is 1. The van der Waals surface area contributed by atoms with E-state index in [4.69, 9.17) is 9.84 Å². The van der Waals surface area contributed by atoms with Crippen molar-refractivity contribution in [1.29, 1.82) is 0 Å². The maximum Gasteiger partial charge on any atom is 0.255 e. The lowest BCUT2D eigenvalue weighted by atomic mass is 10.0. The van der Waals surface area contributed by atoms with Crippen molar-refractivity contribution in [3.63, 3.8) is 0 Å². The van der Waals surface area contributed by atoms with Crippen LogP contribution in [0.2, 0.25) is 0 Å². The Morgan fingerprint density at radius 2 is 2.10 bits per heavy atom. The van der Waals surface area contributed by atoms with Crippen LogP contribution < -0.4 is 5.56 Å². The van der Waals surface area contributed by atoms with E-state index in [1.807, 2.05) is 0 Å². The van der Waals surface area contributed by atoms with Crippen LogP contribution in [0.3, 0.4) is 0 Å². The number of nitrogens with zero attached hydrogens (tertiary/aromatic N) is 1. The smallest absolute Gasteiger partial charge is 0.255 e. The SMILES string of the molecule is O=c1[nH]c2nc(F)ccc2cc1C1OC(CO)C(O)C1O. The van der Waals surface area contributed by atoms with Crippen molar-refractivity contribution in [1.82, 2.24) is 9.97 Å². The van der Waals surface area contributed by atoms with Gasteiger partial charge in [0.25, 0.3) is 5.56 Å². The van der Waals surface area contributed by atoms with Crippen LogP contribution in [0, 0.1) is 5.95 Å². The summed E-state index contributed by atoms with van der Waals surface area (Å²) in [5, 5.41) is 29.2. The van der Waals surface area contributed by atoms with Crippen molar-refractivity contribution in [2.45, 2.75) is 24.4 Å². The number of ether oxygens (including phenoxy) is 1. The number of fused-ring (bicyclic) bond motifs is 1. The zero-order valence-corrected chi connectivity index (χ0v) is 10.7. The Labute approximate surface area is 117 Å². The molecule has 0 aliphatic carbocycles. The van der Waals surface area contributed by atoms with E-state index in [1.165, 1.54) is 12.1 Å². The molecule has 4 unspecified atom stereocenters. The highest BCUT2D eigenvalue weighted by molar-refractivity contribution is 5.74. The Morgan fingerprint density at radius 3 is 2.76 bits per heavy atom. The minimum Gasteiger partial charge on any atom is -0.394 e. The van der Waals surface area contributed by atoms with Crippen LogP contribution in [0.5, 0.6) is 0 Å². The van der Waals surface area contributed by atoms with E-state index in [0.29, 0.717) is 5.39 Å². The lowest BCUT2D eigenvalue weighted by Gasteiger charge is -2.14. The molecule has 112 valence electrons. The van der Waals surface area contributed by atoms with Gasteiger partial charge in [0.1, 0.15) is 30.1 Å². The fraction of sp³-hybridized carbons (Fsp3) is 0.385. The van der Waals surface area contributed by atoms with Gasteiger partial charge in [0.15, 0.2) is 0 Å². The van der Waals surface area contributed by atoms with Gasteiger partial charge in [0.2, 0.25) is 5.95 Å². The van der Waals surface area contributed by atoms with Gasteiger partial charge >= 0.3 is 0 Å². The average molecular weight is 296 g/mol. The second kappa shape index (κ2) is 5.15. The van der Waals surface area contributed by atoms with Gasteiger partial charge in [0, 0.05) is 10.9 Å². The van der Waals surface area contributed by atoms with Crippen LogP contribution in [-0.4, -0.2) is 50.2 Å². The normalized spacial score (nSPS) is 29.1. The summed E-state index contributed by atoms with van der Waals surface area (Å²) in [6.45, 7) is -0.479. The van der Waals surface area contributed by atoms with Crippen LogP contribution in [0.25, 0.3) is 11.0 Å². The number of hydrogen-bond acceptors (Lipinski definition) is 6. The lowest BCUT2D eigenvalue weighted by molar-refractivity contribution is -0.0231.